The van der Waals surface area contributed by atoms with Crippen LogP contribution in [0.1, 0.15) is 18.4 Å². The minimum atomic E-state index is -2.82. The fourth-order valence-corrected chi connectivity index (χ4v) is 3.97. The first-order chi connectivity index (χ1) is 7.09. The van der Waals surface area contributed by atoms with Crippen LogP contribution >= 0.6 is 11.3 Å². The second-order valence-electron chi connectivity index (χ2n) is 3.60. The van der Waals surface area contributed by atoms with Gasteiger partial charge in [0.2, 0.25) is 5.13 Å². The molecule has 1 aromatic rings. The van der Waals surface area contributed by atoms with Gasteiger partial charge in [0.15, 0.2) is 9.84 Å². The van der Waals surface area contributed by atoms with Crippen LogP contribution in [0.5, 0.6) is 0 Å². The summed E-state index contributed by atoms with van der Waals surface area (Å²) in [4.78, 5) is 0. The lowest BCUT2D eigenvalue weighted by Gasteiger charge is -2.07. The van der Waals surface area contributed by atoms with Gasteiger partial charge in [-0.05, 0) is 12.8 Å². The Hall–Kier alpha value is -0.690. The van der Waals surface area contributed by atoms with Crippen LogP contribution < -0.4 is 5.32 Å². The summed E-state index contributed by atoms with van der Waals surface area (Å²) in [7, 11) is -2.82. The van der Waals surface area contributed by atoms with Gasteiger partial charge < -0.3 is 5.32 Å². The van der Waals surface area contributed by atoms with Crippen molar-refractivity contribution in [3.63, 3.8) is 0 Å². The maximum atomic E-state index is 11.2. The van der Waals surface area contributed by atoms with E-state index in [0.29, 0.717) is 6.42 Å². The van der Waals surface area contributed by atoms with E-state index in [4.69, 9.17) is 0 Å². The smallest absolute Gasteiger partial charge is 0.205 e. The standard InChI is InChI=1S/C8H13N3O2S2/c1-2-7-10-11-8(14-7)9-6-3-4-15(12,13)5-6/h6H,2-5H2,1H3,(H,9,11). The van der Waals surface area contributed by atoms with Gasteiger partial charge in [-0.25, -0.2) is 8.42 Å². The van der Waals surface area contributed by atoms with Crippen molar-refractivity contribution in [3.05, 3.63) is 5.01 Å². The zero-order valence-corrected chi connectivity index (χ0v) is 10.1. The molecule has 2 heterocycles. The minimum absolute atomic E-state index is 0.00709. The third-order valence-electron chi connectivity index (χ3n) is 2.33. The SMILES string of the molecule is CCc1nnc(NC2CCS(=O)(=O)C2)s1. The van der Waals surface area contributed by atoms with Crippen LogP contribution in [0.25, 0.3) is 0 Å². The third kappa shape index (κ3) is 2.66. The normalized spacial score (nSPS) is 24.2. The van der Waals surface area contributed by atoms with Gasteiger partial charge in [-0.15, -0.1) is 10.2 Å². The Bertz CT molecular complexity index is 440. The van der Waals surface area contributed by atoms with Gasteiger partial charge in [0.05, 0.1) is 11.5 Å². The molecule has 15 heavy (non-hydrogen) atoms. The molecule has 84 valence electrons. The molecule has 0 aliphatic carbocycles. The number of nitrogens with one attached hydrogen (secondary N) is 1. The predicted molar refractivity (Wildman–Crippen MR) is 60.0 cm³/mol. The molecule has 1 aliphatic heterocycles. The zero-order chi connectivity index (χ0) is 10.9. The zero-order valence-electron chi connectivity index (χ0n) is 8.43. The van der Waals surface area contributed by atoms with Crippen molar-refractivity contribution in [1.82, 2.24) is 10.2 Å². The summed E-state index contributed by atoms with van der Waals surface area (Å²) in [5.74, 6) is 0.498. The first-order valence-corrected chi connectivity index (χ1v) is 7.52. The summed E-state index contributed by atoms with van der Waals surface area (Å²) in [5.41, 5.74) is 0. The summed E-state index contributed by atoms with van der Waals surface area (Å²) in [6.45, 7) is 2.02. The molecular formula is C8H13N3O2S2. The number of anilines is 1. The van der Waals surface area contributed by atoms with E-state index in [1.807, 2.05) is 6.92 Å². The van der Waals surface area contributed by atoms with Crippen LogP contribution in [0.3, 0.4) is 0 Å². The molecule has 1 atom stereocenters. The molecule has 0 aromatic carbocycles. The molecule has 1 N–H and O–H groups in total. The van der Waals surface area contributed by atoms with E-state index in [2.05, 4.69) is 15.5 Å². The van der Waals surface area contributed by atoms with Crippen molar-refractivity contribution in [2.24, 2.45) is 0 Å². The molecule has 1 saturated heterocycles. The third-order valence-corrected chi connectivity index (χ3v) is 5.10. The number of aromatic nitrogens is 2. The van der Waals surface area contributed by atoms with Crippen molar-refractivity contribution in [3.8, 4) is 0 Å². The number of rotatable bonds is 3. The molecule has 5 nitrogen and oxygen atoms in total. The lowest BCUT2D eigenvalue weighted by atomic mass is 10.3. The largest absolute Gasteiger partial charge is 0.356 e. The van der Waals surface area contributed by atoms with Gasteiger partial charge in [-0.1, -0.05) is 18.3 Å². The van der Waals surface area contributed by atoms with E-state index in [0.717, 1.165) is 16.6 Å². The Labute approximate surface area is 92.8 Å². The minimum Gasteiger partial charge on any atom is -0.356 e. The maximum absolute atomic E-state index is 11.2. The fourth-order valence-electron chi connectivity index (χ4n) is 1.54. The van der Waals surface area contributed by atoms with Crippen molar-refractivity contribution < 1.29 is 8.42 Å². The second kappa shape index (κ2) is 4.05. The quantitative estimate of drug-likeness (QED) is 0.851. The van der Waals surface area contributed by atoms with Crippen LogP contribution in [0.4, 0.5) is 5.13 Å². The van der Waals surface area contributed by atoms with Crippen LogP contribution in [-0.4, -0.2) is 36.2 Å². The Balaban J connectivity index is 1.98. The van der Waals surface area contributed by atoms with Crippen molar-refractivity contribution in [2.45, 2.75) is 25.8 Å². The lowest BCUT2D eigenvalue weighted by Crippen LogP contribution is -2.20. The molecule has 0 amide bonds. The predicted octanol–water partition coefficient (Wildman–Crippen LogP) is 0.700. The van der Waals surface area contributed by atoms with E-state index in [1.54, 1.807) is 0 Å². The first kappa shape index (κ1) is 10.8. The molecule has 0 spiro atoms. The summed E-state index contributed by atoms with van der Waals surface area (Å²) in [5, 5.41) is 12.7. The monoisotopic (exact) mass is 247 g/mol. The summed E-state index contributed by atoms with van der Waals surface area (Å²) in [6, 6.07) is 0.00709. The topological polar surface area (TPSA) is 72.0 Å². The van der Waals surface area contributed by atoms with E-state index < -0.39 is 9.84 Å². The number of aryl methyl sites for hydroxylation is 1. The Morgan fingerprint density at radius 3 is 2.87 bits per heavy atom. The van der Waals surface area contributed by atoms with Crippen LogP contribution in [0, 0.1) is 0 Å². The summed E-state index contributed by atoms with van der Waals surface area (Å²) in [6.07, 6.45) is 1.53. The number of hydrogen-bond donors (Lipinski definition) is 1. The Morgan fingerprint density at radius 2 is 2.33 bits per heavy atom. The molecule has 7 heteroatoms. The highest BCUT2D eigenvalue weighted by Crippen LogP contribution is 2.20. The fraction of sp³-hybridized carbons (Fsp3) is 0.750. The Kier molecular flexibility index (Phi) is 2.92. The maximum Gasteiger partial charge on any atom is 0.205 e. The lowest BCUT2D eigenvalue weighted by molar-refractivity contribution is 0.602. The highest BCUT2D eigenvalue weighted by molar-refractivity contribution is 7.91. The van der Waals surface area contributed by atoms with Crippen LogP contribution in [0.2, 0.25) is 0 Å². The van der Waals surface area contributed by atoms with Crippen LogP contribution in [0.15, 0.2) is 0 Å². The van der Waals surface area contributed by atoms with E-state index in [1.165, 1.54) is 11.3 Å². The number of sulfone groups is 1. The molecule has 0 radical (unpaired) electrons. The Morgan fingerprint density at radius 1 is 1.53 bits per heavy atom. The highest BCUT2D eigenvalue weighted by atomic mass is 32.2. The number of nitrogens with zero attached hydrogens (tertiary/aromatic N) is 2. The number of hydrogen-bond acceptors (Lipinski definition) is 6. The van der Waals surface area contributed by atoms with Gasteiger partial charge in [0.25, 0.3) is 0 Å². The summed E-state index contributed by atoms with van der Waals surface area (Å²) < 4.78 is 22.4. The van der Waals surface area contributed by atoms with Gasteiger partial charge in [0, 0.05) is 6.04 Å². The van der Waals surface area contributed by atoms with E-state index in [9.17, 15) is 8.42 Å². The van der Waals surface area contributed by atoms with Crippen molar-refractivity contribution >= 4 is 26.3 Å². The second-order valence-corrected chi connectivity index (χ2v) is 6.89. The van der Waals surface area contributed by atoms with E-state index >= 15 is 0 Å². The molecule has 2 rings (SSSR count). The molecule has 0 bridgehead atoms. The first-order valence-electron chi connectivity index (χ1n) is 4.88. The average molecular weight is 247 g/mol. The van der Waals surface area contributed by atoms with Gasteiger partial charge in [-0.2, -0.15) is 0 Å². The van der Waals surface area contributed by atoms with E-state index in [-0.39, 0.29) is 17.5 Å². The molecule has 1 fully saturated rings. The molecule has 1 aromatic heterocycles. The van der Waals surface area contributed by atoms with Crippen LogP contribution in [-0.2, 0) is 16.3 Å². The van der Waals surface area contributed by atoms with Crippen molar-refractivity contribution in [2.75, 3.05) is 16.8 Å². The molecule has 0 saturated carbocycles. The summed E-state index contributed by atoms with van der Waals surface area (Å²) >= 11 is 1.49. The highest BCUT2D eigenvalue weighted by Gasteiger charge is 2.28. The van der Waals surface area contributed by atoms with Gasteiger partial charge in [0.1, 0.15) is 5.01 Å². The molecular weight excluding hydrogens is 234 g/mol. The average Bonchev–Trinajstić information content (AvgIpc) is 2.73. The van der Waals surface area contributed by atoms with Gasteiger partial charge >= 0.3 is 0 Å². The molecule has 1 aliphatic rings. The van der Waals surface area contributed by atoms with Gasteiger partial charge in [-0.3, -0.25) is 0 Å². The molecule has 1 unspecified atom stereocenters. The van der Waals surface area contributed by atoms with Crippen molar-refractivity contribution in [1.29, 1.82) is 0 Å².